The van der Waals surface area contributed by atoms with Gasteiger partial charge in [0, 0.05) is 0 Å². The van der Waals surface area contributed by atoms with Gasteiger partial charge in [0.05, 0.1) is 12.7 Å². The number of rotatable bonds is 13. The Hall–Kier alpha value is -0.0800. The molecule has 174 valence electrons. The Morgan fingerprint density at radius 2 is 1.62 bits per heavy atom. The van der Waals surface area contributed by atoms with E-state index in [2.05, 4.69) is 62.3 Å². The van der Waals surface area contributed by atoms with Crippen LogP contribution in [0.4, 0.5) is 0 Å². The molecule has 2 heteroatoms. The van der Waals surface area contributed by atoms with E-state index in [1.807, 2.05) is 0 Å². The summed E-state index contributed by atoms with van der Waals surface area (Å²) < 4.78 is 12.4. The summed E-state index contributed by atoms with van der Waals surface area (Å²) in [4.78, 5) is 0. The van der Waals surface area contributed by atoms with Gasteiger partial charge in [0.2, 0.25) is 0 Å². The fraction of sp³-hybridized carbons (Fsp3) is 1.00. The molecule has 0 spiro atoms. The Balaban J connectivity index is 2.76. The average molecular weight is 411 g/mol. The molecule has 5 atom stereocenters. The van der Waals surface area contributed by atoms with E-state index in [4.69, 9.17) is 9.47 Å². The van der Waals surface area contributed by atoms with Gasteiger partial charge < -0.3 is 9.47 Å². The molecule has 5 unspecified atom stereocenters. The van der Waals surface area contributed by atoms with Crippen LogP contribution < -0.4 is 0 Å². The third kappa shape index (κ3) is 11.2. The molecular weight excluding hydrogens is 356 g/mol. The van der Waals surface area contributed by atoms with Crippen molar-refractivity contribution in [2.24, 2.45) is 35.0 Å². The van der Waals surface area contributed by atoms with Crippen LogP contribution >= 0.6 is 0 Å². The van der Waals surface area contributed by atoms with Crippen LogP contribution in [0.15, 0.2) is 0 Å². The van der Waals surface area contributed by atoms with Crippen molar-refractivity contribution >= 4 is 0 Å². The number of unbranched alkanes of at least 4 members (excludes halogenated alkanes) is 3. The second kappa shape index (κ2) is 13.4. The molecule has 0 heterocycles. The van der Waals surface area contributed by atoms with Crippen molar-refractivity contribution in [2.75, 3.05) is 6.61 Å². The van der Waals surface area contributed by atoms with E-state index in [9.17, 15) is 0 Å². The van der Waals surface area contributed by atoms with Crippen LogP contribution in [-0.2, 0) is 9.47 Å². The summed E-state index contributed by atoms with van der Waals surface area (Å²) in [6.07, 6.45) is 12.3. The van der Waals surface area contributed by atoms with E-state index in [1.54, 1.807) is 0 Å². The van der Waals surface area contributed by atoms with Gasteiger partial charge in [0.15, 0.2) is 6.29 Å². The van der Waals surface area contributed by atoms with E-state index in [1.165, 1.54) is 57.8 Å². The van der Waals surface area contributed by atoms with Crippen LogP contribution in [0.25, 0.3) is 0 Å². The molecule has 0 N–H and O–H groups in total. The van der Waals surface area contributed by atoms with Crippen LogP contribution in [0.3, 0.4) is 0 Å². The first-order chi connectivity index (χ1) is 13.5. The minimum atomic E-state index is -0.0763. The van der Waals surface area contributed by atoms with E-state index < -0.39 is 0 Å². The summed E-state index contributed by atoms with van der Waals surface area (Å²) >= 11 is 0. The topological polar surface area (TPSA) is 18.5 Å². The third-order valence-corrected chi connectivity index (χ3v) is 6.72. The highest BCUT2D eigenvalue weighted by atomic mass is 16.7. The van der Waals surface area contributed by atoms with Crippen molar-refractivity contribution in [1.29, 1.82) is 0 Å². The highest BCUT2D eigenvalue weighted by Crippen LogP contribution is 2.44. The van der Waals surface area contributed by atoms with E-state index >= 15 is 0 Å². The Kier molecular flexibility index (Phi) is 12.4. The quantitative estimate of drug-likeness (QED) is 0.224. The van der Waals surface area contributed by atoms with Crippen LogP contribution in [0, 0.1) is 35.0 Å². The summed E-state index contributed by atoms with van der Waals surface area (Å²) in [5.41, 5.74) is 0.415. The molecule has 0 saturated heterocycles. The standard InChI is InChI=1S/C27H54O2/c1-10-11-12-13-14-24-17-23(25(21(4)5)18-27(7,8)9)15-16-26(24)29-22(6)28-19-20(2)3/h20-26H,10-19H2,1-9H3. The van der Waals surface area contributed by atoms with Crippen molar-refractivity contribution in [2.45, 2.75) is 132 Å². The lowest BCUT2D eigenvalue weighted by atomic mass is 9.65. The van der Waals surface area contributed by atoms with Gasteiger partial charge in [-0.15, -0.1) is 0 Å². The molecule has 0 bridgehead atoms. The summed E-state index contributed by atoms with van der Waals surface area (Å²) in [6, 6.07) is 0. The molecule has 1 saturated carbocycles. The number of hydrogen-bond donors (Lipinski definition) is 0. The van der Waals surface area contributed by atoms with Gasteiger partial charge >= 0.3 is 0 Å². The van der Waals surface area contributed by atoms with Crippen molar-refractivity contribution in [3.05, 3.63) is 0 Å². The zero-order valence-electron chi connectivity index (χ0n) is 21.4. The molecule has 1 aliphatic rings. The summed E-state index contributed by atoms with van der Waals surface area (Å²) in [5, 5.41) is 0. The predicted molar refractivity (Wildman–Crippen MR) is 127 cm³/mol. The molecule has 0 aliphatic heterocycles. The van der Waals surface area contributed by atoms with Gasteiger partial charge in [-0.2, -0.15) is 0 Å². The summed E-state index contributed by atoms with van der Waals surface area (Å²) in [6.45, 7) is 21.7. The van der Waals surface area contributed by atoms with Crippen LogP contribution in [0.5, 0.6) is 0 Å². The number of ether oxygens (including phenoxy) is 2. The first-order valence-electron chi connectivity index (χ1n) is 12.8. The maximum Gasteiger partial charge on any atom is 0.155 e. The normalized spacial score (nSPS) is 25.6. The number of hydrogen-bond acceptors (Lipinski definition) is 2. The molecule has 2 nitrogen and oxygen atoms in total. The molecule has 0 aromatic heterocycles. The Bertz CT molecular complexity index is 409. The van der Waals surface area contributed by atoms with E-state index in [-0.39, 0.29) is 6.29 Å². The molecule has 0 aromatic carbocycles. The van der Waals surface area contributed by atoms with Crippen molar-refractivity contribution < 1.29 is 9.47 Å². The summed E-state index contributed by atoms with van der Waals surface area (Å²) in [7, 11) is 0. The Labute approximate surface area is 183 Å². The Morgan fingerprint density at radius 3 is 2.17 bits per heavy atom. The molecular formula is C27H54O2. The van der Waals surface area contributed by atoms with Crippen molar-refractivity contribution in [3.8, 4) is 0 Å². The highest BCUT2D eigenvalue weighted by molar-refractivity contribution is 4.87. The smallest absolute Gasteiger partial charge is 0.155 e. The molecule has 0 aromatic rings. The first-order valence-corrected chi connectivity index (χ1v) is 12.8. The van der Waals surface area contributed by atoms with Crippen LogP contribution in [0.2, 0.25) is 0 Å². The van der Waals surface area contributed by atoms with Gasteiger partial charge in [0.25, 0.3) is 0 Å². The summed E-state index contributed by atoms with van der Waals surface area (Å²) in [5.74, 6) is 3.73. The van der Waals surface area contributed by atoms with Crippen molar-refractivity contribution in [1.82, 2.24) is 0 Å². The van der Waals surface area contributed by atoms with E-state index in [0.717, 1.165) is 24.4 Å². The molecule has 0 radical (unpaired) electrons. The molecule has 29 heavy (non-hydrogen) atoms. The van der Waals surface area contributed by atoms with Gasteiger partial charge in [-0.1, -0.05) is 81.1 Å². The zero-order valence-corrected chi connectivity index (χ0v) is 21.4. The fourth-order valence-electron chi connectivity index (χ4n) is 5.24. The predicted octanol–water partition coefficient (Wildman–Crippen LogP) is 8.49. The maximum absolute atomic E-state index is 6.48. The van der Waals surface area contributed by atoms with Crippen molar-refractivity contribution in [3.63, 3.8) is 0 Å². The minimum Gasteiger partial charge on any atom is -0.353 e. The van der Waals surface area contributed by atoms with E-state index in [0.29, 0.717) is 23.4 Å². The maximum atomic E-state index is 6.48. The molecule has 1 rings (SSSR count). The minimum absolute atomic E-state index is 0.0763. The Morgan fingerprint density at radius 1 is 0.931 bits per heavy atom. The van der Waals surface area contributed by atoms with Gasteiger partial charge in [-0.3, -0.25) is 0 Å². The third-order valence-electron chi connectivity index (χ3n) is 6.72. The van der Waals surface area contributed by atoms with Crippen LogP contribution in [0.1, 0.15) is 120 Å². The molecule has 1 aliphatic carbocycles. The fourth-order valence-corrected chi connectivity index (χ4v) is 5.24. The lowest BCUT2D eigenvalue weighted by Crippen LogP contribution is -2.38. The van der Waals surface area contributed by atoms with Gasteiger partial charge in [-0.25, -0.2) is 0 Å². The zero-order chi connectivity index (χ0) is 22.0. The highest BCUT2D eigenvalue weighted by Gasteiger charge is 2.37. The molecule has 1 fully saturated rings. The molecule has 0 amide bonds. The SMILES string of the molecule is CCCCCCC1CC(C(CC(C)(C)C)C(C)C)CCC1OC(C)OCC(C)C. The monoisotopic (exact) mass is 410 g/mol. The first kappa shape index (κ1) is 27.0. The van der Waals surface area contributed by atoms with Gasteiger partial charge in [-0.05, 0) is 74.0 Å². The van der Waals surface area contributed by atoms with Gasteiger partial charge in [0.1, 0.15) is 0 Å². The van der Waals surface area contributed by atoms with Crippen LogP contribution in [-0.4, -0.2) is 19.0 Å². The second-order valence-electron chi connectivity index (χ2n) is 11.8. The lowest BCUT2D eigenvalue weighted by Gasteiger charge is -2.43. The average Bonchev–Trinajstić information content (AvgIpc) is 2.62. The second-order valence-corrected chi connectivity index (χ2v) is 11.8. The largest absolute Gasteiger partial charge is 0.353 e. The lowest BCUT2D eigenvalue weighted by molar-refractivity contribution is -0.188.